The van der Waals surface area contributed by atoms with Crippen LogP contribution < -0.4 is 4.74 Å². The lowest BCUT2D eigenvalue weighted by atomic mass is 10.1. The van der Waals surface area contributed by atoms with Crippen molar-refractivity contribution in [3.63, 3.8) is 0 Å². The average Bonchev–Trinajstić information content (AvgIpc) is 3.30. The Morgan fingerprint density at radius 2 is 1.61 bits per heavy atom. The first-order valence-electron chi connectivity index (χ1n) is 12.9. The summed E-state index contributed by atoms with van der Waals surface area (Å²) in [4.78, 5) is 31.6. The lowest BCUT2D eigenvalue weighted by Crippen LogP contribution is -2.29. The number of carbonyl (C=O) groups excluding carboxylic acids is 2. The molecule has 0 saturated carbocycles. The number of unbranched alkanes of at least 4 members (excludes halogenated alkanes) is 1. The summed E-state index contributed by atoms with van der Waals surface area (Å²) in [6.45, 7) is 11.3. The molecule has 0 fully saturated rings. The van der Waals surface area contributed by atoms with E-state index in [2.05, 4.69) is 18.7 Å². The van der Waals surface area contributed by atoms with E-state index in [4.69, 9.17) is 4.74 Å². The molecule has 3 rings (SSSR count). The standard InChI is InChI=1S/C28H39N3O5/c1-5-8-12-29(4)27(34)23-16-24(26(33)17-25(23)32)28(35)31-18-20-10-11-22(15-21(20)19-31)36-14-9-13-30(6-2)7-3/h10-11,15-17,32-33H,5-9,12-14,18-19H2,1-4H3. The van der Waals surface area contributed by atoms with E-state index >= 15 is 0 Å². The third-order valence-electron chi connectivity index (χ3n) is 6.74. The molecule has 196 valence electrons. The maximum atomic E-state index is 13.3. The Balaban J connectivity index is 1.67. The Hall–Kier alpha value is -3.26. The number of phenolic OH excluding ortho intramolecular Hbond substituents is 2. The molecule has 8 heteroatoms. The van der Waals surface area contributed by atoms with Crippen LogP contribution >= 0.6 is 0 Å². The van der Waals surface area contributed by atoms with E-state index in [1.165, 1.54) is 11.0 Å². The van der Waals surface area contributed by atoms with Crippen LogP contribution in [0, 0.1) is 0 Å². The van der Waals surface area contributed by atoms with Crippen molar-refractivity contribution in [2.45, 2.75) is 53.1 Å². The van der Waals surface area contributed by atoms with E-state index in [0.29, 0.717) is 26.2 Å². The summed E-state index contributed by atoms with van der Waals surface area (Å²) in [5, 5.41) is 20.7. The molecule has 2 amide bonds. The molecule has 0 aliphatic carbocycles. The Bertz CT molecular complexity index is 1070. The van der Waals surface area contributed by atoms with Gasteiger partial charge in [0, 0.05) is 39.3 Å². The fraction of sp³-hybridized carbons (Fsp3) is 0.500. The Labute approximate surface area is 214 Å². The zero-order valence-corrected chi connectivity index (χ0v) is 21.9. The van der Waals surface area contributed by atoms with Gasteiger partial charge in [0.1, 0.15) is 17.2 Å². The van der Waals surface area contributed by atoms with E-state index in [0.717, 1.165) is 61.8 Å². The Kier molecular flexibility index (Phi) is 9.58. The zero-order valence-electron chi connectivity index (χ0n) is 21.9. The molecule has 8 nitrogen and oxygen atoms in total. The van der Waals surface area contributed by atoms with Gasteiger partial charge in [-0.25, -0.2) is 0 Å². The van der Waals surface area contributed by atoms with Gasteiger partial charge < -0.3 is 29.6 Å². The van der Waals surface area contributed by atoms with Gasteiger partial charge in [0.2, 0.25) is 0 Å². The van der Waals surface area contributed by atoms with Crippen molar-refractivity contribution in [2.24, 2.45) is 0 Å². The molecule has 1 heterocycles. The molecule has 0 unspecified atom stereocenters. The first kappa shape index (κ1) is 27.3. The van der Waals surface area contributed by atoms with Gasteiger partial charge in [-0.05, 0) is 55.3 Å². The number of fused-ring (bicyclic) bond motifs is 1. The second-order valence-electron chi connectivity index (χ2n) is 9.29. The molecule has 0 atom stereocenters. The Morgan fingerprint density at radius 1 is 0.917 bits per heavy atom. The summed E-state index contributed by atoms with van der Waals surface area (Å²) < 4.78 is 5.94. The fourth-order valence-electron chi connectivity index (χ4n) is 4.41. The van der Waals surface area contributed by atoms with Crippen LogP contribution in [0.1, 0.15) is 71.9 Å². The molecule has 36 heavy (non-hydrogen) atoms. The van der Waals surface area contributed by atoms with Crippen molar-refractivity contribution in [2.75, 3.05) is 39.8 Å². The quantitative estimate of drug-likeness (QED) is 0.426. The molecular weight excluding hydrogens is 458 g/mol. The van der Waals surface area contributed by atoms with Gasteiger partial charge in [0.05, 0.1) is 17.7 Å². The first-order valence-corrected chi connectivity index (χ1v) is 12.9. The molecule has 2 aromatic carbocycles. The average molecular weight is 498 g/mol. The number of benzene rings is 2. The van der Waals surface area contributed by atoms with Gasteiger partial charge >= 0.3 is 0 Å². The highest BCUT2D eigenvalue weighted by molar-refractivity contribution is 6.03. The zero-order chi connectivity index (χ0) is 26.2. The summed E-state index contributed by atoms with van der Waals surface area (Å²) in [5.41, 5.74) is 2.03. The van der Waals surface area contributed by atoms with Crippen LogP contribution in [-0.4, -0.2) is 76.6 Å². The second-order valence-corrected chi connectivity index (χ2v) is 9.29. The number of rotatable bonds is 12. The third-order valence-corrected chi connectivity index (χ3v) is 6.74. The smallest absolute Gasteiger partial charge is 0.258 e. The van der Waals surface area contributed by atoms with Crippen LogP contribution in [0.2, 0.25) is 0 Å². The van der Waals surface area contributed by atoms with Crippen molar-refractivity contribution >= 4 is 11.8 Å². The maximum absolute atomic E-state index is 13.3. The number of hydrogen-bond acceptors (Lipinski definition) is 6. The van der Waals surface area contributed by atoms with Crippen LogP contribution in [0.15, 0.2) is 30.3 Å². The van der Waals surface area contributed by atoms with Gasteiger partial charge in [-0.1, -0.05) is 33.3 Å². The number of phenols is 2. The predicted molar refractivity (Wildman–Crippen MR) is 140 cm³/mol. The second kappa shape index (κ2) is 12.6. The highest BCUT2D eigenvalue weighted by atomic mass is 16.5. The molecule has 1 aliphatic rings. The number of hydrogen-bond donors (Lipinski definition) is 2. The van der Waals surface area contributed by atoms with E-state index in [1.807, 2.05) is 25.1 Å². The van der Waals surface area contributed by atoms with Crippen molar-refractivity contribution in [1.29, 1.82) is 0 Å². The van der Waals surface area contributed by atoms with Crippen LogP contribution in [0.4, 0.5) is 0 Å². The van der Waals surface area contributed by atoms with Crippen LogP contribution in [0.5, 0.6) is 17.2 Å². The largest absolute Gasteiger partial charge is 0.507 e. The van der Waals surface area contributed by atoms with Crippen molar-refractivity contribution in [1.82, 2.24) is 14.7 Å². The lowest BCUT2D eigenvalue weighted by molar-refractivity contribution is 0.0748. The Morgan fingerprint density at radius 3 is 2.31 bits per heavy atom. The van der Waals surface area contributed by atoms with Gasteiger partial charge in [0.15, 0.2) is 0 Å². The summed E-state index contributed by atoms with van der Waals surface area (Å²) in [6.07, 6.45) is 2.71. The molecule has 0 radical (unpaired) electrons. The SMILES string of the molecule is CCCCN(C)C(=O)c1cc(C(=O)N2Cc3ccc(OCCCN(CC)CC)cc3C2)c(O)cc1O. The number of carbonyl (C=O) groups is 2. The number of ether oxygens (including phenoxy) is 1. The van der Waals surface area contributed by atoms with Crippen molar-refractivity contribution in [3.8, 4) is 17.2 Å². The minimum absolute atomic E-state index is 0.000670. The summed E-state index contributed by atoms with van der Waals surface area (Å²) >= 11 is 0. The van der Waals surface area contributed by atoms with Gasteiger partial charge in [-0.3, -0.25) is 9.59 Å². The molecule has 0 bridgehead atoms. The molecule has 2 N–H and O–H groups in total. The topological polar surface area (TPSA) is 93.6 Å². The molecular formula is C28H39N3O5. The summed E-state index contributed by atoms with van der Waals surface area (Å²) in [5.74, 6) is -0.695. The van der Waals surface area contributed by atoms with Gasteiger partial charge in [-0.15, -0.1) is 0 Å². The highest BCUT2D eigenvalue weighted by Crippen LogP contribution is 2.33. The maximum Gasteiger partial charge on any atom is 0.258 e. The monoisotopic (exact) mass is 497 g/mol. The van der Waals surface area contributed by atoms with Gasteiger partial charge in [-0.2, -0.15) is 0 Å². The third kappa shape index (κ3) is 6.49. The lowest BCUT2D eigenvalue weighted by Gasteiger charge is -2.20. The molecule has 2 aromatic rings. The number of aromatic hydroxyl groups is 2. The number of amides is 2. The van der Waals surface area contributed by atoms with Crippen LogP contribution in [0.3, 0.4) is 0 Å². The van der Waals surface area contributed by atoms with Crippen LogP contribution in [-0.2, 0) is 13.1 Å². The minimum atomic E-state index is -0.393. The van der Waals surface area contributed by atoms with Crippen molar-refractivity contribution < 1.29 is 24.5 Å². The highest BCUT2D eigenvalue weighted by Gasteiger charge is 2.28. The molecule has 0 spiro atoms. The predicted octanol–water partition coefficient (Wildman–Crippen LogP) is 4.24. The molecule has 0 aromatic heterocycles. The van der Waals surface area contributed by atoms with E-state index < -0.39 is 5.91 Å². The fourth-order valence-corrected chi connectivity index (χ4v) is 4.41. The van der Waals surface area contributed by atoms with Gasteiger partial charge in [0.25, 0.3) is 11.8 Å². The molecule has 0 saturated heterocycles. The van der Waals surface area contributed by atoms with E-state index in [-0.39, 0.29) is 28.5 Å². The van der Waals surface area contributed by atoms with Crippen LogP contribution in [0.25, 0.3) is 0 Å². The summed E-state index contributed by atoms with van der Waals surface area (Å²) in [6, 6.07) is 8.23. The number of nitrogens with zero attached hydrogens (tertiary/aromatic N) is 3. The first-order chi connectivity index (χ1) is 17.3. The summed E-state index contributed by atoms with van der Waals surface area (Å²) in [7, 11) is 1.66. The van der Waals surface area contributed by atoms with Crippen molar-refractivity contribution in [3.05, 3.63) is 52.6 Å². The van der Waals surface area contributed by atoms with E-state index in [9.17, 15) is 19.8 Å². The molecule has 1 aliphatic heterocycles. The normalized spacial score (nSPS) is 12.6. The van der Waals surface area contributed by atoms with E-state index in [1.54, 1.807) is 11.9 Å². The minimum Gasteiger partial charge on any atom is -0.507 e.